The summed E-state index contributed by atoms with van der Waals surface area (Å²) in [6, 6.07) is 24.4. The van der Waals surface area contributed by atoms with Gasteiger partial charge in [-0.25, -0.2) is 4.72 Å². The Morgan fingerprint density at radius 1 is 0.971 bits per heavy atom. The lowest BCUT2D eigenvalue weighted by Gasteiger charge is -2.27. The zero-order chi connectivity index (χ0) is 23.8. The van der Waals surface area contributed by atoms with E-state index in [2.05, 4.69) is 10.0 Å². The molecule has 0 saturated heterocycles. The second-order valence-corrected chi connectivity index (χ2v) is 9.57. The number of thiophene rings is 1. The van der Waals surface area contributed by atoms with Gasteiger partial charge in [-0.2, -0.15) is 0 Å². The van der Waals surface area contributed by atoms with Crippen LogP contribution in [0.25, 0.3) is 0 Å². The summed E-state index contributed by atoms with van der Waals surface area (Å²) in [7, 11) is 0. The fraction of sp³-hybridized carbons (Fsp3) is 0.154. The normalized spacial score (nSPS) is 11.7. The van der Waals surface area contributed by atoms with E-state index in [4.69, 9.17) is 4.42 Å². The van der Waals surface area contributed by atoms with Crippen molar-refractivity contribution in [2.24, 2.45) is 0 Å². The molecule has 0 aliphatic heterocycles. The van der Waals surface area contributed by atoms with Gasteiger partial charge in [0, 0.05) is 22.4 Å². The van der Waals surface area contributed by atoms with Crippen molar-refractivity contribution >= 4 is 40.8 Å². The van der Waals surface area contributed by atoms with E-state index in [-0.39, 0.29) is 11.8 Å². The van der Waals surface area contributed by atoms with Crippen LogP contribution in [-0.2, 0) is 22.7 Å². The van der Waals surface area contributed by atoms with Crippen LogP contribution >= 0.6 is 23.3 Å². The van der Waals surface area contributed by atoms with Crippen molar-refractivity contribution in [3.8, 4) is 0 Å². The summed E-state index contributed by atoms with van der Waals surface area (Å²) in [5.41, 5.74) is 1.61. The SMILES string of the molecule is CC(=O)Nc1ccc(SN[C@H](C(=O)N(Cc2ccco2)Cc2cccs2)c2ccccc2)cc1. The molecule has 2 N–H and O–H groups in total. The van der Waals surface area contributed by atoms with Crippen molar-refractivity contribution in [1.29, 1.82) is 0 Å². The molecule has 8 heteroatoms. The maximum atomic E-state index is 13.9. The summed E-state index contributed by atoms with van der Waals surface area (Å²) in [5, 5.41) is 4.77. The fourth-order valence-electron chi connectivity index (χ4n) is 3.42. The smallest absolute Gasteiger partial charge is 0.245 e. The lowest BCUT2D eigenvalue weighted by Crippen LogP contribution is -2.38. The standard InChI is InChI=1S/C26H25N3O3S2/c1-19(30)27-21-11-13-23(14-12-21)34-28-25(20-7-3-2-4-8-20)26(31)29(17-22-9-5-15-32-22)18-24-10-6-16-33-24/h2-16,25,28H,17-18H2,1H3,(H,27,30)/t25-/m0/s1. The minimum Gasteiger partial charge on any atom is -0.467 e. The van der Waals surface area contributed by atoms with E-state index in [0.717, 1.165) is 26.8 Å². The fourth-order valence-corrected chi connectivity index (χ4v) is 4.90. The Labute approximate surface area is 207 Å². The van der Waals surface area contributed by atoms with E-state index < -0.39 is 6.04 Å². The molecule has 1 atom stereocenters. The first-order chi connectivity index (χ1) is 16.6. The van der Waals surface area contributed by atoms with Gasteiger partial charge in [-0.1, -0.05) is 36.4 Å². The first-order valence-corrected chi connectivity index (χ1v) is 12.5. The third-order valence-corrected chi connectivity index (χ3v) is 6.74. The van der Waals surface area contributed by atoms with E-state index in [1.807, 2.05) is 89.1 Å². The quantitative estimate of drug-likeness (QED) is 0.272. The molecule has 0 radical (unpaired) electrons. The largest absolute Gasteiger partial charge is 0.467 e. The number of carbonyl (C=O) groups is 2. The number of nitrogens with zero attached hydrogens (tertiary/aromatic N) is 1. The molecule has 4 rings (SSSR count). The molecule has 174 valence electrons. The number of benzene rings is 2. The van der Waals surface area contributed by atoms with Crippen molar-refractivity contribution in [2.75, 3.05) is 5.32 Å². The number of amides is 2. The highest BCUT2D eigenvalue weighted by Gasteiger charge is 2.27. The van der Waals surface area contributed by atoms with Crippen LogP contribution in [0, 0.1) is 0 Å². The number of rotatable bonds is 10. The average Bonchev–Trinajstić information content (AvgIpc) is 3.55. The second-order valence-electron chi connectivity index (χ2n) is 7.62. The zero-order valence-corrected chi connectivity index (χ0v) is 20.3. The first-order valence-electron chi connectivity index (χ1n) is 10.8. The van der Waals surface area contributed by atoms with Gasteiger partial charge in [-0.05, 0) is 65.4 Å². The molecule has 0 spiro atoms. The monoisotopic (exact) mass is 491 g/mol. The predicted molar refractivity (Wildman–Crippen MR) is 136 cm³/mol. The van der Waals surface area contributed by atoms with E-state index in [1.54, 1.807) is 17.6 Å². The Kier molecular flexibility index (Phi) is 8.19. The topological polar surface area (TPSA) is 74.6 Å². The number of anilines is 1. The van der Waals surface area contributed by atoms with Crippen LogP contribution in [0.5, 0.6) is 0 Å². The van der Waals surface area contributed by atoms with Gasteiger partial charge < -0.3 is 14.6 Å². The van der Waals surface area contributed by atoms with Crippen LogP contribution in [-0.4, -0.2) is 16.7 Å². The Balaban J connectivity index is 1.54. The molecule has 0 fully saturated rings. The third kappa shape index (κ3) is 6.60. The summed E-state index contributed by atoms with van der Waals surface area (Å²) in [5.74, 6) is 0.576. The second kappa shape index (κ2) is 11.7. The van der Waals surface area contributed by atoms with Crippen LogP contribution in [0.2, 0.25) is 0 Å². The number of carbonyl (C=O) groups excluding carboxylic acids is 2. The van der Waals surface area contributed by atoms with Gasteiger partial charge >= 0.3 is 0 Å². The highest BCUT2D eigenvalue weighted by Crippen LogP contribution is 2.26. The Morgan fingerprint density at radius 2 is 1.76 bits per heavy atom. The Morgan fingerprint density at radius 3 is 2.41 bits per heavy atom. The number of nitrogens with one attached hydrogen (secondary N) is 2. The Bertz CT molecular complexity index is 1140. The lowest BCUT2D eigenvalue weighted by atomic mass is 10.1. The van der Waals surface area contributed by atoms with Gasteiger partial charge in [-0.15, -0.1) is 11.3 Å². The zero-order valence-electron chi connectivity index (χ0n) is 18.6. The molecule has 4 aromatic rings. The molecular formula is C26H25N3O3S2. The Hall–Kier alpha value is -3.33. The van der Waals surface area contributed by atoms with E-state index in [0.29, 0.717) is 13.1 Å². The van der Waals surface area contributed by atoms with E-state index in [1.165, 1.54) is 18.9 Å². The summed E-state index contributed by atoms with van der Waals surface area (Å²) in [6.45, 7) is 2.36. The number of hydrogen-bond acceptors (Lipinski definition) is 6. The molecule has 2 aromatic heterocycles. The number of hydrogen-bond donors (Lipinski definition) is 2. The van der Waals surface area contributed by atoms with Gasteiger partial charge in [-0.3, -0.25) is 9.59 Å². The van der Waals surface area contributed by atoms with Crippen LogP contribution < -0.4 is 10.0 Å². The average molecular weight is 492 g/mol. The molecule has 34 heavy (non-hydrogen) atoms. The minimum absolute atomic E-state index is 0.0432. The van der Waals surface area contributed by atoms with E-state index >= 15 is 0 Å². The first kappa shape index (κ1) is 23.8. The van der Waals surface area contributed by atoms with Crippen LogP contribution in [0.4, 0.5) is 5.69 Å². The minimum atomic E-state index is -0.559. The summed E-state index contributed by atoms with van der Waals surface area (Å²) in [4.78, 5) is 29.0. The molecule has 2 heterocycles. The van der Waals surface area contributed by atoms with Crippen molar-refractivity contribution < 1.29 is 14.0 Å². The van der Waals surface area contributed by atoms with Crippen LogP contribution in [0.1, 0.15) is 29.2 Å². The highest BCUT2D eigenvalue weighted by atomic mass is 32.2. The molecule has 2 amide bonds. The van der Waals surface area contributed by atoms with Gasteiger partial charge in [0.2, 0.25) is 11.8 Å². The van der Waals surface area contributed by atoms with Gasteiger partial charge in [0.1, 0.15) is 11.8 Å². The van der Waals surface area contributed by atoms with Crippen molar-refractivity contribution in [2.45, 2.75) is 31.0 Å². The molecule has 0 aliphatic carbocycles. The molecule has 6 nitrogen and oxygen atoms in total. The summed E-state index contributed by atoms with van der Waals surface area (Å²) < 4.78 is 8.90. The molecular weight excluding hydrogens is 466 g/mol. The molecule has 0 bridgehead atoms. The van der Waals surface area contributed by atoms with Crippen molar-refractivity contribution in [1.82, 2.24) is 9.62 Å². The summed E-state index contributed by atoms with van der Waals surface area (Å²) in [6.07, 6.45) is 1.62. The lowest BCUT2D eigenvalue weighted by molar-refractivity contribution is -0.134. The molecule has 0 saturated carbocycles. The summed E-state index contributed by atoms with van der Waals surface area (Å²) >= 11 is 3.01. The van der Waals surface area contributed by atoms with Crippen molar-refractivity contribution in [3.05, 3.63) is 107 Å². The maximum absolute atomic E-state index is 13.9. The van der Waals surface area contributed by atoms with Gasteiger partial charge in [0.15, 0.2) is 0 Å². The predicted octanol–water partition coefficient (Wildman–Crippen LogP) is 5.87. The van der Waals surface area contributed by atoms with Crippen LogP contribution in [0.3, 0.4) is 0 Å². The third-order valence-electron chi connectivity index (χ3n) is 5.01. The molecule has 2 aromatic carbocycles. The van der Waals surface area contributed by atoms with Crippen molar-refractivity contribution in [3.63, 3.8) is 0 Å². The maximum Gasteiger partial charge on any atom is 0.245 e. The van der Waals surface area contributed by atoms with Crippen LogP contribution in [0.15, 0.2) is 99.8 Å². The van der Waals surface area contributed by atoms with Gasteiger partial charge in [0.05, 0.1) is 19.4 Å². The van der Waals surface area contributed by atoms with Gasteiger partial charge in [0.25, 0.3) is 0 Å². The highest BCUT2D eigenvalue weighted by molar-refractivity contribution is 7.97. The molecule has 0 unspecified atom stereocenters. The van der Waals surface area contributed by atoms with E-state index in [9.17, 15) is 9.59 Å². The molecule has 0 aliphatic rings. The number of furan rings is 1.